The number of halogens is 1. The third-order valence-electron chi connectivity index (χ3n) is 8.42. The van der Waals surface area contributed by atoms with Crippen LogP contribution in [-0.2, 0) is 20.9 Å². The summed E-state index contributed by atoms with van der Waals surface area (Å²) in [4.78, 5) is 34.3. The number of carbonyl (C=O) groups is 2. The Balaban J connectivity index is 1.16. The van der Waals surface area contributed by atoms with Crippen molar-refractivity contribution in [2.75, 3.05) is 37.7 Å². The van der Waals surface area contributed by atoms with Gasteiger partial charge in [-0.1, -0.05) is 30.7 Å². The van der Waals surface area contributed by atoms with Gasteiger partial charge in [0.15, 0.2) is 12.2 Å². The van der Waals surface area contributed by atoms with Gasteiger partial charge in [0.2, 0.25) is 0 Å². The zero-order valence-corrected chi connectivity index (χ0v) is 23.5. The Morgan fingerprint density at radius 3 is 2.58 bits per heavy atom. The molecule has 3 heterocycles. The molecule has 2 aromatic rings. The van der Waals surface area contributed by atoms with Gasteiger partial charge in [-0.3, -0.25) is 14.6 Å². The number of para-hydroxylation sites is 1. The number of hydrogen-bond acceptors (Lipinski definition) is 7. The summed E-state index contributed by atoms with van der Waals surface area (Å²) < 4.78 is 5.48. The molecule has 5 rings (SSSR count). The van der Waals surface area contributed by atoms with Crippen LogP contribution in [0.2, 0.25) is 0 Å². The predicted molar refractivity (Wildman–Crippen MR) is 153 cm³/mol. The molecule has 2 amide bonds. The lowest BCUT2D eigenvalue weighted by molar-refractivity contribution is -0.154. The average Bonchev–Trinajstić information content (AvgIpc) is 3.50. The number of aromatic nitrogens is 1. The number of aliphatic hydroxyl groups excluding tert-OH is 2. The van der Waals surface area contributed by atoms with Crippen molar-refractivity contribution in [1.82, 2.24) is 15.2 Å². The Labute approximate surface area is 240 Å². The molecule has 2 aliphatic heterocycles. The van der Waals surface area contributed by atoms with Gasteiger partial charge in [0.05, 0.1) is 18.9 Å². The monoisotopic (exact) mass is 570 g/mol. The highest BCUT2D eigenvalue weighted by molar-refractivity contribution is 6.20. The van der Waals surface area contributed by atoms with E-state index in [4.69, 9.17) is 16.3 Å². The molecule has 5 atom stereocenters. The van der Waals surface area contributed by atoms with Crippen LogP contribution in [0, 0.1) is 5.92 Å². The van der Waals surface area contributed by atoms with Gasteiger partial charge in [-0.2, -0.15) is 0 Å². The van der Waals surface area contributed by atoms with Crippen molar-refractivity contribution in [3.05, 3.63) is 48.2 Å². The molecular formula is C30H39ClN4O5. The van der Waals surface area contributed by atoms with Gasteiger partial charge in [-0.05, 0) is 55.7 Å². The molecule has 3 aliphatic rings. The fraction of sp³-hybridized carbons (Fsp3) is 0.567. The highest BCUT2D eigenvalue weighted by Crippen LogP contribution is 2.36. The topological polar surface area (TPSA) is 115 Å². The van der Waals surface area contributed by atoms with E-state index >= 15 is 0 Å². The fourth-order valence-electron chi connectivity index (χ4n) is 6.27. The van der Waals surface area contributed by atoms with Crippen molar-refractivity contribution in [2.45, 2.75) is 68.7 Å². The van der Waals surface area contributed by atoms with Gasteiger partial charge in [-0.15, -0.1) is 11.6 Å². The molecule has 0 spiro atoms. The van der Waals surface area contributed by atoms with Crippen LogP contribution in [0.1, 0.15) is 44.1 Å². The van der Waals surface area contributed by atoms with Gasteiger partial charge < -0.3 is 30.1 Å². The van der Waals surface area contributed by atoms with E-state index in [1.54, 1.807) is 11.1 Å². The summed E-state index contributed by atoms with van der Waals surface area (Å²) in [5.41, 5.74) is 3.68. The minimum absolute atomic E-state index is 0.00285. The van der Waals surface area contributed by atoms with Crippen molar-refractivity contribution in [3.8, 4) is 11.3 Å². The molecule has 0 bridgehead atoms. The van der Waals surface area contributed by atoms with Crippen LogP contribution in [0.5, 0.6) is 0 Å². The number of ether oxygens (including phenoxy) is 1. The van der Waals surface area contributed by atoms with E-state index < -0.39 is 24.0 Å². The number of rotatable bonds is 8. The van der Waals surface area contributed by atoms with Crippen LogP contribution in [0.3, 0.4) is 0 Å². The third-order valence-corrected chi connectivity index (χ3v) is 8.82. The lowest BCUT2D eigenvalue weighted by atomic mass is 9.82. The number of nitrogens with zero attached hydrogens (tertiary/aromatic N) is 3. The maximum absolute atomic E-state index is 13.1. The summed E-state index contributed by atoms with van der Waals surface area (Å²) in [6, 6.07) is 11.9. The zero-order chi connectivity index (χ0) is 28.1. The molecule has 3 N–H and O–H groups in total. The standard InChI is InChI=1S/C30H39ClN4O5/c31-22-6-3-5-21(17-22)25-9-4-12-35(25)30(39)28(37)27(36)29(38)33-19-20-10-11-24(32-18-20)23-7-1-2-8-26(23)34-13-15-40-16-14-34/h1-2,7-8,10-11,18,21-22,25,27-28,36-37H,3-6,9,12-17,19H2,(H,33,38)/t21-,22?,25?,27+,28+/m0/s1. The van der Waals surface area contributed by atoms with Gasteiger partial charge in [0, 0.05) is 55.0 Å². The summed E-state index contributed by atoms with van der Waals surface area (Å²) in [5.74, 6) is -1.10. The first-order valence-corrected chi connectivity index (χ1v) is 14.8. The molecule has 1 saturated carbocycles. The Kier molecular flexibility index (Phi) is 9.57. The molecule has 40 heavy (non-hydrogen) atoms. The van der Waals surface area contributed by atoms with E-state index in [1.807, 2.05) is 30.3 Å². The van der Waals surface area contributed by atoms with Gasteiger partial charge in [-0.25, -0.2) is 0 Å². The first-order valence-electron chi connectivity index (χ1n) is 14.4. The summed E-state index contributed by atoms with van der Waals surface area (Å²) in [7, 11) is 0. The normalized spacial score (nSPS) is 24.9. The summed E-state index contributed by atoms with van der Waals surface area (Å²) in [5, 5.41) is 23.9. The van der Waals surface area contributed by atoms with Crippen LogP contribution in [0.15, 0.2) is 42.6 Å². The van der Waals surface area contributed by atoms with E-state index in [0.717, 1.165) is 74.1 Å². The molecule has 216 valence electrons. The van der Waals surface area contributed by atoms with Crippen LogP contribution in [0.4, 0.5) is 5.69 Å². The number of morpholine rings is 1. The first kappa shape index (κ1) is 28.8. The molecule has 1 aromatic heterocycles. The number of amides is 2. The minimum Gasteiger partial charge on any atom is -0.380 e. The molecule has 2 unspecified atom stereocenters. The summed E-state index contributed by atoms with van der Waals surface area (Å²) in [6.45, 7) is 3.67. The Morgan fingerprint density at radius 1 is 1.02 bits per heavy atom. The van der Waals surface area contributed by atoms with Crippen molar-refractivity contribution < 1.29 is 24.5 Å². The van der Waals surface area contributed by atoms with E-state index in [0.29, 0.717) is 19.8 Å². The summed E-state index contributed by atoms with van der Waals surface area (Å²) in [6.07, 6.45) is 3.58. The highest BCUT2D eigenvalue weighted by Gasteiger charge is 2.41. The number of alkyl halides is 1. The second-order valence-corrected chi connectivity index (χ2v) is 11.7. The van der Waals surface area contributed by atoms with Crippen molar-refractivity contribution in [2.24, 2.45) is 5.92 Å². The first-order chi connectivity index (χ1) is 19.4. The number of nitrogens with one attached hydrogen (secondary N) is 1. The van der Waals surface area contributed by atoms with E-state index in [2.05, 4.69) is 21.3 Å². The number of anilines is 1. The molecular weight excluding hydrogens is 532 g/mol. The van der Waals surface area contributed by atoms with Crippen LogP contribution >= 0.6 is 11.6 Å². The molecule has 2 saturated heterocycles. The van der Waals surface area contributed by atoms with Gasteiger partial charge in [0.1, 0.15) is 0 Å². The van der Waals surface area contributed by atoms with E-state index in [1.165, 1.54) is 0 Å². The lowest BCUT2D eigenvalue weighted by Crippen LogP contribution is -2.53. The third kappa shape index (κ3) is 6.60. The number of pyridine rings is 1. The Morgan fingerprint density at radius 2 is 1.82 bits per heavy atom. The SMILES string of the molecule is O=C(NCc1ccc(-c2ccccc2N2CCOCC2)nc1)[C@H](O)[C@@H](O)C(=O)N1CCCC1[C@H]1CCCC(Cl)C1. The average molecular weight is 571 g/mol. The second-order valence-electron chi connectivity index (χ2n) is 11.0. The van der Waals surface area contributed by atoms with Crippen molar-refractivity contribution in [1.29, 1.82) is 0 Å². The smallest absolute Gasteiger partial charge is 0.254 e. The highest BCUT2D eigenvalue weighted by atomic mass is 35.5. The number of benzene rings is 1. The fourth-order valence-corrected chi connectivity index (χ4v) is 6.66. The number of aliphatic hydroxyl groups is 2. The molecule has 0 radical (unpaired) electrons. The predicted octanol–water partition coefficient (Wildman–Crippen LogP) is 2.71. The number of carbonyl (C=O) groups excluding carboxylic acids is 2. The van der Waals surface area contributed by atoms with E-state index in [-0.39, 0.29) is 23.9 Å². The second kappa shape index (κ2) is 13.3. The zero-order valence-electron chi connectivity index (χ0n) is 22.8. The van der Waals surface area contributed by atoms with Crippen LogP contribution in [-0.4, -0.2) is 88.4 Å². The molecule has 3 fully saturated rings. The largest absolute Gasteiger partial charge is 0.380 e. The summed E-state index contributed by atoms with van der Waals surface area (Å²) >= 11 is 6.38. The Hall–Kier alpha value is -2.72. The van der Waals surface area contributed by atoms with Crippen molar-refractivity contribution >= 4 is 29.1 Å². The van der Waals surface area contributed by atoms with Gasteiger partial charge >= 0.3 is 0 Å². The minimum atomic E-state index is -1.85. The molecule has 1 aliphatic carbocycles. The molecule has 1 aromatic carbocycles. The van der Waals surface area contributed by atoms with Gasteiger partial charge in [0.25, 0.3) is 11.8 Å². The maximum atomic E-state index is 13.1. The number of likely N-dealkylation sites (tertiary alicyclic amines) is 1. The number of hydrogen-bond donors (Lipinski definition) is 3. The van der Waals surface area contributed by atoms with E-state index in [9.17, 15) is 19.8 Å². The van der Waals surface area contributed by atoms with Crippen LogP contribution in [0.25, 0.3) is 11.3 Å². The lowest BCUT2D eigenvalue weighted by Gasteiger charge is -2.36. The Bertz CT molecular complexity index is 1160. The quantitative estimate of drug-likeness (QED) is 0.418. The maximum Gasteiger partial charge on any atom is 0.254 e. The van der Waals surface area contributed by atoms with Crippen LogP contribution < -0.4 is 10.2 Å². The molecule has 9 nitrogen and oxygen atoms in total. The molecule has 10 heteroatoms. The van der Waals surface area contributed by atoms with Crippen molar-refractivity contribution in [3.63, 3.8) is 0 Å².